The van der Waals surface area contributed by atoms with E-state index in [1.54, 1.807) is 31.1 Å². The number of benzene rings is 1. The van der Waals surface area contributed by atoms with Gasteiger partial charge in [0.1, 0.15) is 5.69 Å². The van der Waals surface area contributed by atoms with E-state index in [2.05, 4.69) is 29.0 Å². The summed E-state index contributed by atoms with van der Waals surface area (Å²) < 4.78 is 5.74. The molecule has 1 aromatic carbocycles. The Bertz CT molecular complexity index is 890. The Morgan fingerprint density at radius 3 is 2.69 bits per heavy atom. The molecule has 1 aliphatic heterocycles. The van der Waals surface area contributed by atoms with Crippen LogP contribution in [0.3, 0.4) is 0 Å². The molecule has 0 aliphatic carbocycles. The summed E-state index contributed by atoms with van der Waals surface area (Å²) in [6.07, 6.45) is 0.356. The van der Waals surface area contributed by atoms with Crippen molar-refractivity contribution in [2.75, 3.05) is 37.4 Å². The van der Waals surface area contributed by atoms with Crippen LogP contribution < -0.4 is 10.2 Å². The van der Waals surface area contributed by atoms with E-state index in [9.17, 15) is 14.9 Å². The molecule has 0 unspecified atom stereocenters. The highest BCUT2D eigenvalue weighted by atomic mass is 32.1. The van der Waals surface area contributed by atoms with Gasteiger partial charge in [0.25, 0.3) is 11.6 Å². The lowest BCUT2D eigenvalue weighted by atomic mass is 10.1. The van der Waals surface area contributed by atoms with Crippen molar-refractivity contribution in [2.45, 2.75) is 32.6 Å². The second-order valence-corrected chi connectivity index (χ2v) is 8.26. The third-order valence-corrected chi connectivity index (χ3v) is 5.38. The van der Waals surface area contributed by atoms with Crippen LogP contribution >= 0.6 is 11.3 Å². The summed E-state index contributed by atoms with van der Waals surface area (Å²) in [5, 5.41) is 16.4. The number of carbonyl (C=O) groups is 1. The lowest BCUT2D eigenvalue weighted by Gasteiger charge is -2.34. The first kappa shape index (κ1) is 21.2. The van der Waals surface area contributed by atoms with E-state index in [1.165, 1.54) is 17.4 Å². The van der Waals surface area contributed by atoms with Crippen molar-refractivity contribution in [1.29, 1.82) is 0 Å². The highest BCUT2D eigenvalue weighted by molar-refractivity contribution is 7.14. The minimum Gasteiger partial charge on any atom is -0.373 e. The first-order valence-electron chi connectivity index (χ1n) is 9.32. The molecule has 0 bridgehead atoms. The van der Waals surface area contributed by atoms with Crippen LogP contribution in [0, 0.1) is 10.1 Å². The van der Waals surface area contributed by atoms with Crippen LogP contribution in [0.2, 0.25) is 0 Å². The Balaban J connectivity index is 1.67. The molecule has 0 saturated carbocycles. The molecule has 1 aromatic heterocycles. The van der Waals surface area contributed by atoms with E-state index in [0.29, 0.717) is 17.4 Å². The monoisotopic (exact) mass is 419 g/mol. The number of rotatable bonds is 6. The number of ether oxygens (including phenoxy) is 1. The molecule has 2 heterocycles. The fourth-order valence-electron chi connectivity index (χ4n) is 3.44. The second kappa shape index (κ2) is 8.85. The van der Waals surface area contributed by atoms with E-state index < -0.39 is 10.8 Å². The minimum absolute atomic E-state index is 0.113. The zero-order chi connectivity index (χ0) is 21.1. The first-order valence-corrected chi connectivity index (χ1v) is 10.2. The van der Waals surface area contributed by atoms with Crippen LogP contribution in [0.15, 0.2) is 23.6 Å². The maximum atomic E-state index is 12.5. The minimum atomic E-state index is -0.488. The summed E-state index contributed by atoms with van der Waals surface area (Å²) in [5.74, 6) is -0.423. The molecule has 9 nitrogen and oxygen atoms in total. The van der Waals surface area contributed by atoms with E-state index in [-0.39, 0.29) is 23.5 Å². The predicted molar refractivity (Wildman–Crippen MR) is 113 cm³/mol. The molecule has 3 rings (SSSR count). The smallest absolute Gasteiger partial charge is 0.293 e. The molecule has 0 radical (unpaired) electrons. The number of nitrogens with zero attached hydrogens (tertiary/aromatic N) is 4. The summed E-state index contributed by atoms with van der Waals surface area (Å²) in [5.41, 5.74) is 1.42. The van der Waals surface area contributed by atoms with Crippen molar-refractivity contribution in [3.05, 3.63) is 45.0 Å². The molecule has 1 aliphatic rings. The average molecular weight is 420 g/mol. The van der Waals surface area contributed by atoms with Gasteiger partial charge in [-0.25, -0.2) is 4.98 Å². The van der Waals surface area contributed by atoms with Crippen molar-refractivity contribution in [1.82, 2.24) is 9.88 Å². The molecular formula is C19H25N5O4S. The summed E-state index contributed by atoms with van der Waals surface area (Å²) in [6.45, 7) is 6.47. The quantitative estimate of drug-likeness (QED) is 0.567. The van der Waals surface area contributed by atoms with Crippen LogP contribution in [0.1, 0.15) is 29.9 Å². The number of nitrogens with one attached hydrogen (secondary N) is 1. The molecule has 2 atom stereocenters. The lowest BCUT2D eigenvalue weighted by Crippen LogP contribution is -2.44. The van der Waals surface area contributed by atoms with E-state index in [1.807, 2.05) is 5.38 Å². The summed E-state index contributed by atoms with van der Waals surface area (Å²) in [6, 6.07) is 4.43. The largest absolute Gasteiger partial charge is 0.373 e. The molecule has 2 aromatic rings. The molecule has 10 heteroatoms. The van der Waals surface area contributed by atoms with Crippen molar-refractivity contribution < 1.29 is 14.5 Å². The molecule has 1 amide bonds. The van der Waals surface area contributed by atoms with Gasteiger partial charge in [-0.2, -0.15) is 0 Å². The van der Waals surface area contributed by atoms with Crippen molar-refractivity contribution in [3.8, 4) is 0 Å². The van der Waals surface area contributed by atoms with Gasteiger partial charge in [-0.05, 0) is 26.0 Å². The van der Waals surface area contributed by atoms with E-state index >= 15 is 0 Å². The number of hydrogen-bond acceptors (Lipinski definition) is 8. The SMILES string of the molecule is C[C@@H]1CN(Cc2csc(NC(=O)c3ccc(N(C)C)c([N+](=O)[O-])c3)n2)C[C@@H](C)O1. The van der Waals surface area contributed by atoms with Gasteiger partial charge in [-0.3, -0.25) is 25.1 Å². The first-order chi connectivity index (χ1) is 13.7. The van der Waals surface area contributed by atoms with Crippen molar-refractivity contribution in [2.24, 2.45) is 0 Å². The van der Waals surface area contributed by atoms with Gasteiger partial charge in [0.2, 0.25) is 0 Å². The van der Waals surface area contributed by atoms with Gasteiger partial charge >= 0.3 is 0 Å². The molecule has 1 saturated heterocycles. The Hall–Kier alpha value is -2.56. The van der Waals surface area contributed by atoms with Crippen LogP contribution in [-0.4, -0.2) is 60.1 Å². The molecule has 0 spiro atoms. The molecule has 29 heavy (non-hydrogen) atoms. The molecular weight excluding hydrogens is 394 g/mol. The third kappa shape index (κ3) is 5.28. The topological polar surface area (TPSA) is 101 Å². The number of anilines is 2. The Morgan fingerprint density at radius 2 is 2.07 bits per heavy atom. The number of hydrogen-bond donors (Lipinski definition) is 1. The Kier molecular flexibility index (Phi) is 6.46. The number of amides is 1. The van der Waals surface area contributed by atoms with Crippen LogP contribution in [0.25, 0.3) is 0 Å². The van der Waals surface area contributed by atoms with Crippen LogP contribution in [0.5, 0.6) is 0 Å². The normalized spacial score (nSPS) is 19.7. The standard InChI is InChI=1S/C19H25N5O4S/c1-12-8-23(9-13(2)28-12)10-15-11-29-19(20-15)21-18(25)14-5-6-16(22(3)4)17(7-14)24(26)27/h5-7,11-13H,8-10H2,1-4H3,(H,20,21,25)/t12-,13-/m1/s1. The number of morpholine rings is 1. The Labute approximate surface area is 173 Å². The van der Waals surface area contributed by atoms with Crippen molar-refractivity contribution in [3.63, 3.8) is 0 Å². The van der Waals surface area contributed by atoms with E-state index in [0.717, 1.165) is 18.8 Å². The third-order valence-electron chi connectivity index (χ3n) is 4.57. The zero-order valence-corrected chi connectivity index (χ0v) is 17.7. The van der Waals surface area contributed by atoms with Gasteiger partial charge in [0.15, 0.2) is 5.13 Å². The molecule has 156 valence electrons. The number of nitro benzene ring substituents is 1. The molecule has 1 fully saturated rings. The van der Waals surface area contributed by atoms with Gasteiger partial charge < -0.3 is 9.64 Å². The summed E-state index contributed by atoms with van der Waals surface area (Å²) in [4.78, 5) is 31.8. The summed E-state index contributed by atoms with van der Waals surface area (Å²) >= 11 is 1.34. The zero-order valence-electron chi connectivity index (χ0n) is 16.9. The van der Waals surface area contributed by atoms with E-state index in [4.69, 9.17) is 4.74 Å². The number of thiazole rings is 1. The maximum Gasteiger partial charge on any atom is 0.293 e. The average Bonchev–Trinajstić information content (AvgIpc) is 3.06. The van der Waals surface area contributed by atoms with Gasteiger partial charge in [0, 0.05) is 50.7 Å². The fraction of sp³-hybridized carbons (Fsp3) is 0.474. The van der Waals surface area contributed by atoms with Gasteiger partial charge in [0.05, 0.1) is 22.8 Å². The van der Waals surface area contributed by atoms with Crippen LogP contribution in [0.4, 0.5) is 16.5 Å². The second-order valence-electron chi connectivity index (χ2n) is 7.40. The predicted octanol–water partition coefficient (Wildman–Crippen LogP) is 2.98. The van der Waals surface area contributed by atoms with Gasteiger partial charge in [-0.15, -0.1) is 11.3 Å². The fourth-order valence-corrected chi connectivity index (χ4v) is 4.13. The maximum absolute atomic E-state index is 12.5. The Morgan fingerprint density at radius 1 is 1.38 bits per heavy atom. The van der Waals surface area contributed by atoms with Crippen LogP contribution in [-0.2, 0) is 11.3 Å². The highest BCUT2D eigenvalue weighted by Crippen LogP contribution is 2.28. The number of nitro groups is 1. The van der Waals surface area contributed by atoms with Gasteiger partial charge in [-0.1, -0.05) is 0 Å². The van der Waals surface area contributed by atoms with Crippen molar-refractivity contribution >= 4 is 33.8 Å². The molecule has 1 N–H and O–H groups in total. The summed E-state index contributed by atoms with van der Waals surface area (Å²) in [7, 11) is 3.43. The number of aromatic nitrogens is 1. The highest BCUT2D eigenvalue weighted by Gasteiger charge is 2.23. The number of carbonyl (C=O) groups excluding carboxylic acids is 1. The lowest BCUT2D eigenvalue weighted by molar-refractivity contribution is -0.384.